The molecule has 0 fully saturated rings. The predicted molar refractivity (Wildman–Crippen MR) is 20.2 cm³/mol. The molecule has 0 aliphatic carbocycles. The van der Waals surface area contributed by atoms with Gasteiger partial charge in [0.2, 0.25) is 0 Å². The van der Waals surface area contributed by atoms with Crippen LogP contribution in [0.2, 0.25) is 0 Å². The Bertz CT molecular complexity index is 163. The van der Waals surface area contributed by atoms with Crippen LogP contribution in [-0.4, -0.2) is 25.8 Å². The Morgan fingerprint density at radius 1 is 1.43 bits per heavy atom. The molecule has 0 aromatic carbocycles. The quantitative estimate of drug-likeness (QED) is 0.335. The molecule has 5 nitrogen and oxygen atoms in total. The third-order valence-corrected chi connectivity index (χ3v) is 1.99. The summed E-state index contributed by atoms with van der Waals surface area (Å²) in [5.41, 5.74) is 0. The fourth-order valence-corrected chi connectivity index (χ4v) is 0. The smallest absolute Gasteiger partial charge is 0.529 e. The van der Waals surface area contributed by atoms with Crippen LogP contribution in [0.15, 0.2) is 0 Å². The largest absolute Gasteiger partial charge is 0.669 e. The third-order valence-electron chi connectivity index (χ3n) is 0.221. The van der Waals surface area contributed by atoms with Gasteiger partial charge in [-0.1, -0.05) is 0 Å². The molecular formula is H2O5SSi. The van der Waals surface area contributed by atoms with E-state index in [1.54, 1.807) is 0 Å². The highest BCUT2D eigenvalue weighted by Gasteiger charge is 2.20. The first-order valence-corrected chi connectivity index (χ1v) is 4.67. The van der Waals surface area contributed by atoms with E-state index in [9.17, 15) is 12.9 Å². The number of rotatable bonds is 1. The van der Waals surface area contributed by atoms with E-state index in [2.05, 4.69) is 0 Å². The van der Waals surface area contributed by atoms with Crippen LogP contribution in [0.3, 0.4) is 0 Å². The standard InChI is InChI=1S/H2O5SSi/c1-6(2,3)7(4)5/h4H,(H,1,2,3). The van der Waals surface area contributed by atoms with Crippen molar-refractivity contribution in [1.29, 1.82) is 0 Å². The lowest BCUT2D eigenvalue weighted by Gasteiger charge is -1.76. The minimum atomic E-state index is -4.64. The zero-order valence-electron chi connectivity index (χ0n) is 3.03. The Balaban J connectivity index is 4.43. The van der Waals surface area contributed by atoms with Crippen LogP contribution in [0.4, 0.5) is 0 Å². The minimum Gasteiger partial charge on any atom is -0.529 e. The molecule has 7 heavy (non-hydrogen) atoms. The molecule has 42 valence electrons. The van der Waals surface area contributed by atoms with E-state index in [1.807, 2.05) is 0 Å². The summed E-state index contributed by atoms with van der Waals surface area (Å²) in [7, 11) is -8.41. The molecule has 0 aliphatic heterocycles. The van der Waals surface area contributed by atoms with Crippen molar-refractivity contribution in [2.45, 2.75) is 0 Å². The maximum atomic E-state index is 9.37. The highest BCUT2D eigenvalue weighted by molar-refractivity contribution is 8.11. The molecular weight excluding hydrogens is 140 g/mol. The summed E-state index contributed by atoms with van der Waals surface area (Å²) in [5.74, 6) is 0. The zero-order valence-corrected chi connectivity index (χ0v) is 4.84. The second-order valence-electron chi connectivity index (χ2n) is 0.741. The molecule has 0 aromatic rings. The summed E-state index contributed by atoms with van der Waals surface area (Å²) < 4.78 is 35.7. The topological polar surface area (TPSA) is 91.7 Å². The van der Waals surface area contributed by atoms with Gasteiger partial charge in [-0.05, 0) is 0 Å². The van der Waals surface area contributed by atoms with Gasteiger partial charge in [-0.2, -0.15) is 8.42 Å². The van der Waals surface area contributed by atoms with Crippen molar-refractivity contribution in [3.8, 4) is 0 Å². The monoisotopic (exact) mass is 142 g/mol. The van der Waals surface area contributed by atoms with E-state index in [0.717, 1.165) is 0 Å². The summed E-state index contributed by atoms with van der Waals surface area (Å²) in [5, 5.41) is 0. The molecule has 2 N–H and O–H groups in total. The second kappa shape index (κ2) is 1.68. The van der Waals surface area contributed by atoms with Crippen molar-refractivity contribution in [3.63, 3.8) is 0 Å². The van der Waals surface area contributed by atoms with Gasteiger partial charge in [-0.25, -0.2) is 0 Å². The van der Waals surface area contributed by atoms with Crippen molar-refractivity contribution in [1.82, 2.24) is 0 Å². The van der Waals surface area contributed by atoms with Gasteiger partial charge in [0, 0.05) is 0 Å². The predicted octanol–water partition coefficient (Wildman–Crippen LogP) is -1.72. The van der Waals surface area contributed by atoms with Gasteiger partial charge in [0.05, 0.1) is 0 Å². The lowest BCUT2D eigenvalue weighted by atomic mass is 15.9. The van der Waals surface area contributed by atoms with Crippen LogP contribution in [0.5, 0.6) is 0 Å². The highest BCUT2D eigenvalue weighted by atomic mass is 32.4. The fraction of sp³-hybridized carbons (Fsp3) is 0. The summed E-state index contributed by atoms with van der Waals surface area (Å²) in [6, 6.07) is 0. The fourth-order valence-electron chi connectivity index (χ4n) is 0. The van der Waals surface area contributed by atoms with E-state index in [1.165, 1.54) is 0 Å². The lowest BCUT2D eigenvalue weighted by molar-refractivity contribution is 0.437. The van der Waals surface area contributed by atoms with Crippen molar-refractivity contribution < 1.29 is 22.2 Å². The summed E-state index contributed by atoms with van der Waals surface area (Å²) in [6.07, 6.45) is 0. The van der Waals surface area contributed by atoms with E-state index in [4.69, 9.17) is 9.35 Å². The molecule has 0 unspecified atom stereocenters. The van der Waals surface area contributed by atoms with Gasteiger partial charge in [-0.3, -0.25) is 4.55 Å². The third kappa shape index (κ3) is 2.43. The molecule has 0 rings (SSSR count). The zero-order chi connectivity index (χ0) is 6.08. The second-order valence-corrected chi connectivity index (χ2v) is 4.82. The Hall–Kier alpha value is -0.273. The van der Waals surface area contributed by atoms with Crippen molar-refractivity contribution in [3.05, 3.63) is 0 Å². The molecule has 0 heterocycles. The van der Waals surface area contributed by atoms with Gasteiger partial charge >= 0.3 is 17.6 Å². The normalized spacial score (nSPS) is 11.0. The van der Waals surface area contributed by atoms with Crippen LogP contribution in [0.25, 0.3) is 0 Å². The lowest BCUT2D eigenvalue weighted by Crippen LogP contribution is -2.13. The molecule has 0 atom stereocenters. The van der Waals surface area contributed by atoms with E-state index < -0.39 is 17.6 Å². The Kier molecular flexibility index (Phi) is 1.61. The summed E-state index contributed by atoms with van der Waals surface area (Å²) >= 11 is 0. The average Bonchev–Trinajstić information content (AvgIpc) is 1.31. The molecule has 0 saturated carbocycles. The maximum Gasteiger partial charge on any atom is 0.669 e. The number of hydrogen-bond acceptors (Lipinski definition) is 3. The summed E-state index contributed by atoms with van der Waals surface area (Å²) in [4.78, 5) is 7.60. The van der Waals surface area contributed by atoms with Crippen LogP contribution in [0, 0.1) is 0 Å². The Labute approximate surface area is 40.8 Å². The molecule has 0 amide bonds. The molecule has 0 spiro atoms. The van der Waals surface area contributed by atoms with Crippen molar-refractivity contribution >= 4 is 17.6 Å². The molecule has 0 bridgehead atoms. The molecule has 0 aromatic heterocycles. The van der Waals surface area contributed by atoms with E-state index >= 15 is 0 Å². The van der Waals surface area contributed by atoms with Crippen LogP contribution >= 0.6 is 0 Å². The first-order chi connectivity index (χ1) is 2.94. The average molecular weight is 142 g/mol. The highest BCUT2D eigenvalue weighted by Crippen LogP contribution is 1.73. The van der Waals surface area contributed by atoms with Crippen molar-refractivity contribution in [2.24, 2.45) is 0 Å². The summed E-state index contributed by atoms with van der Waals surface area (Å²) in [6.45, 7) is 0. The van der Waals surface area contributed by atoms with Crippen LogP contribution in [-0.2, 0) is 14.0 Å². The van der Waals surface area contributed by atoms with E-state index in [0.29, 0.717) is 0 Å². The van der Waals surface area contributed by atoms with Crippen molar-refractivity contribution in [2.75, 3.05) is 0 Å². The van der Waals surface area contributed by atoms with Gasteiger partial charge in [0.25, 0.3) is 0 Å². The molecule has 0 radical (unpaired) electrons. The SMILES string of the molecule is O=[Si](O)S(=O)(=O)O. The van der Waals surface area contributed by atoms with E-state index in [-0.39, 0.29) is 0 Å². The number of hydrogen-bond donors (Lipinski definition) is 2. The van der Waals surface area contributed by atoms with Gasteiger partial charge < -0.3 is 9.26 Å². The first-order valence-electron chi connectivity index (χ1n) is 1.15. The Morgan fingerprint density at radius 2 is 1.57 bits per heavy atom. The van der Waals surface area contributed by atoms with Gasteiger partial charge in [0.15, 0.2) is 0 Å². The first kappa shape index (κ1) is 6.73. The van der Waals surface area contributed by atoms with Gasteiger partial charge in [-0.15, -0.1) is 0 Å². The maximum absolute atomic E-state index is 9.37. The van der Waals surface area contributed by atoms with Gasteiger partial charge in [0.1, 0.15) is 0 Å². The van der Waals surface area contributed by atoms with Crippen LogP contribution < -0.4 is 0 Å². The minimum absolute atomic E-state index is 3.77. The molecule has 0 saturated heterocycles. The molecule has 7 heteroatoms. The van der Waals surface area contributed by atoms with Crippen LogP contribution in [0.1, 0.15) is 0 Å². The Morgan fingerprint density at radius 3 is 1.57 bits per heavy atom. The molecule has 0 aliphatic rings.